The number of hydrogen-bond donors (Lipinski definition) is 1. The van der Waals surface area contributed by atoms with Crippen LogP contribution in [0.15, 0.2) is 64.3 Å². The maximum Gasteiger partial charge on any atom is 0.245 e. The first-order chi connectivity index (χ1) is 16.4. The molecule has 0 saturated carbocycles. The summed E-state index contributed by atoms with van der Waals surface area (Å²) >= 11 is 6.20. The summed E-state index contributed by atoms with van der Waals surface area (Å²) in [5, 5.41) is 1.13. The Bertz CT molecular complexity index is 1440. The molecule has 1 aromatic carbocycles. The number of amides is 1. The Labute approximate surface area is 201 Å². The fourth-order valence-corrected chi connectivity index (χ4v) is 5.85. The van der Waals surface area contributed by atoms with E-state index in [9.17, 15) is 13.2 Å². The van der Waals surface area contributed by atoms with Crippen molar-refractivity contribution in [1.82, 2.24) is 24.2 Å². The van der Waals surface area contributed by atoms with Gasteiger partial charge in [0.1, 0.15) is 10.5 Å². The van der Waals surface area contributed by atoms with Crippen molar-refractivity contribution in [3.63, 3.8) is 0 Å². The van der Waals surface area contributed by atoms with Gasteiger partial charge in [-0.05, 0) is 24.3 Å². The number of aromatic nitrogens is 3. The number of halogens is 1. The number of fused-ring (bicyclic) bond motifs is 1. The number of benzene rings is 1. The van der Waals surface area contributed by atoms with Gasteiger partial charge < -0.3 is 14.3 Å². The second kappa shape index (κ2) is 9.21. The average molecular weight is 500 g/mol. The fourth-order valence-electron chi connectivity index (χ4n) is 4.04. The molecule has 9 nitrogen and oxygen atoms in total. The Kier molecular flexibility index (Phi) is 6.11. The van der Waals surface area contributed by atoms with Gasteiger partial charge in [-0.25, -0.2) is 18.4 Å². The summed E-state index contributed by atoms with van der Waals surface area (Å²) in [4.78, 5) is 25.9. The predicted molar refractivity (Wildman–Crippen MR) is 127 cm³/mol. The van der Waals surface area contributed by atoms with Gasteiger partial charge in [0.2, 0.25) is 15.9 Å². The van der Waals surface area contributed by atoms with Gasteiger partial charge in [-0.2, -0.15) is 4.31 Å². The van der Waals surface area contributed by atoms with E-state index in [0.29, 0.717) is 47.2 Å². The average Bonchev–Trinajstić information content (AvgIpc) is 3.50. The molecule has 176 valence electrons. The molecule has 0 aliphatic carbocycles. The zero-order valence-electron chi connectivity index (χ0n) is 18.1. The van der Waals surface area contributed by atoms with Crippen LogP contribution in [0, 0.1) is 0 Å². The van der Waals surface area contributed by atoms with E-state index in [4.69, 9.17) is 16.0 Å². The molecule has 1 fully saturated rings. The fraction of sp³-hybridized carbons (Fsp3) is 0.261. The molecule has 0 bridgehead atoms. The highest BCUT2D eigenvalue weighted by molar-refractivity contribution is 7.89. The highest BCUT2D eigenvalue weighted by atomic mass is 35.5. The van der Waals surface area contributed by atoms with Crippen LogP contribution in [0.5, 0.6) is 0 Å². The number of sulfonamides is 1. The monoisotopic (exact) mass is 499 g/mol. The van der Waals surface area contributed by atoms with Crippen LogP contribution in [0.4, 0.5) is 0 Å². The summed E-state index contributed by atoms with van der Waals surface area (Å²) in [7, 11) is -3.69. The first-order valence-electron chi connectivity index (χ1n) is 10.8. The van der Waals surface area contributed by atoms with Crippen LogP contribution in [-0.2, 0) is 21.2 Å². The normalized spacial score (nSPS) is 15.1. The summed E-state index contributed by atoms with van der Waals surface area (Å²) in [6, 6.07) is 10.8. The van der Waals surface area contributed by atoms with E-state index in [0.717, 1.165) is 5.56 Å². The van der Waals surface area contributed by atoms with Gasteiger partial charge >= 0.3 is 0 Å². The Morgan fingerprint density at radius 2 is 1.88 bits per heavy atom. The molecule has 11 heteroatoms. The quantitative estimate of drug-likeness (QED) is 0.435. The van der Waals surface area contributed by atoms with Crippen LogP contribution < -0.4 is 0 Å². The van der Waals surface area contributed by atoms with Gasteiger partial charge in [0.25, 0.3) is 0 Å². The van der Waals surface area contributed by atoms with E-state index in [1.165, 1.54) is 10.5 Å². The lowest BCUT2D eigenvalue weighted by Crippen LogP contribution is -2.50. The van der Waals surface area contributed by atoms with Gasteiger partial charge in [-0.15, -0.1) is 0 Å². The van der Waals surface area contributed by atoms with E-state index >= 15 is 0 Å². The van der Waals surface area contributed by atoms with Crippen molar-refractivity contribution in [3.8, 4) is 11.3 Å². The van der Waals surface area contributed by atoms with Crippen molar-refractivity contribution < 1.29 is 17.6 Å². The molecule has 4 heterocycles. The largest absolute Gasteiger partial charge is 0.441 e. The molecule has 5 rings (SSSR count). The van der Waals surface area contributed by atoms with Crippen LogP contribution in [0.2, 0.25) is 5.02 Å². The highest BCUT2D eigenvalue weighted by Crippen LogP contribution is 2.28. The standard InChI is InChI=1S/C23H22ClN5O4S/c24-18-6-2-1-4-16(18)19-14-26-21(33-19)7-8-22(30)28-10-12-29(13-11-28)34(31,32)20-15-27-23-17(20)5-3-9-25-23/h1-6,9,14-15H,7-8,10-13H2,(H,25,27). The summed E-state index contributed by atoms with van der Waals surface area (Å²) in [6.07, 6.45) is 5.26. The first-order valence-corrected chi connectivity index (χ1v) is 12.6. The molecule has 0 atom stereocenters. The van der Waals surface area contributed by atoms with Crippen LogP contribution in [0.3, 0.4) is 0 Å². The number of rotatable bonds is 6. The number of oxazole rings is 1. The molecule has 0 spiro atoms. The molecule has 1 aliphatic rings. The lowest BCUT2D eigenvalue weighted by molar-refractivity contribution is -0.132. The number of pyridine rings is 1. The Hall–Kier alpha value is -3.21. The third kappa shape index (κ3) is 4.31. The number of carbonyl (C=O) groups is 1. The van der Waals surface area contributed by atoms with Gasteiger partial charge in [-0.1, -0.05) is 23.7 Å². The lowest BCUT2D eigenvalue weighted by Gasteiger charge is -2.33. The minimum Gasteiger partial charge on any atom is -0.441 e. The maximum atomic E-state index is 13.1. The number of aryl methyl sites for hydroxylation is 1. The van der Waals surface area contributed by atoms with Crippen LogP contribution in [-0.4, -0.2) is 64.7 Å². The summed E-state index contributed by atoms with van der Waals surface area (Å²) in [5.74, 6) is 0.947. The molecule has 1 amide bonds. The maximum absolute atomic E-state index is 13.1. The molecular weight excluding hydrogens is 478 g/mol. The van der Waals surface area contributed by atoms with E-state index in [-0.39, 0.29) is 30.3 Å². The van der Waals surface area contributed by atoms with Gasteiger partial charge in [-0.3, -0.25) is 4.79 Å². The Balaban J connectivity index is 1.18. The minimum absolute atomic E-state index is 0.0640. The van der Waals surface area contributed by atoms with E-state index < -0.39 is 10.0 Å². The number of carbonyl (C=O) groups excluding carboxylic acids is 1. The van der Waals surface area contributed by atoms with Crippen molar-refractivity contribution in [2.75, 3.05) is 26.2 Å². The van der Waals surface area contributed by atoms with Gasteiger partial charge in [0.15, 0.2) is 11.7 Å². The third-order valence-electron chi connectivity index (χ3n) is 5.87. The van der Waals surface area contributed by atoms with Crippen LogP contribution >= 0.6 is 11.6 Å². The second-order valence-corrected chi connectivity index (χ2v) is 10.2. The van der Waals surface area contributed by atoms with Gasteiger partial charge in [0.05, 0.1) is 11.2 Å². The third-order valence-corrected chi connectivity index (χ3v) is 8.14. The van der Waals surface area contributed by atoms with E-state index in [2.05, 4.69) is 15.0 Å². The Morgan fingerprint density at radius 3 is 2.68 bits per heavy atom. The summed E-state index contributed by atoms with van der Waals surface area (Å²) in [5.41, 5.74) is 1.27. The number of nitrogens with zero attached hydrogens (tertiary/aromatic N) is 4. The Morgan fingerprint density at radius 1 is 1.09 bits per heavy atom. The topological polar surface area (TPSA) is 112 Å². The van der Waals surface area contributed by atoms with Crippen molar-refractivity contribution >= 4 is 38.6 Å². The van der Waals surface area contributed by atoms with Crippen LogP contribution in [0.1, 0.15) is 12.3 Å². The summed E-state index contributed by atoms with van der Waals surface area (Å²) in [6.45, 7) is 1.12. The lowest BCUT2D eigenvalue weighted by atomic mass is 10.2. The number of piperazine rings is 1. The molecule has 3 aromatic heterocycles. The van der Waals surface area contributed by atoms with Crippen molar-refractivity contribution in [2.45, 2.75) is 17.7 Å². The number of nitrogens with one attached hydrogen (secondary N) is 1. The zero-order chi connectivity index (χ0) is 23.7. The second-order valence-electron chi connectivity index (χ2n) is 7.94. The molecule has 0 unspecified atom stereocenters. The molecule has 0 radical (unpaired) electrons. The molecule has 1 saturated heterocycles. The smallest absolute Gasteiger partial charge is 0.245 e. The van der Waals surface area contributed by atoms with Crippen molar-refractivity contribution in [1.29, 1.82) is 0 Å². The minimum atomic E-state index is -3.69. The number of H-pyrrole nitrogens is 1. The van der Waals surface area contributed by atoms with Crippen molar-refractivity contribution in [2.24, 2.45) is 0 Å². The summed E-state index contributed by atoms with van der Waals surface area (Å²) < 4.78 is 33.5. The zero-order valence-corrected chi connectivity index (χ0v) is 19.7. The molecule has 1 N–H and O–H groups in total. The number of aromatic amines is 1. The SMILES string of the molecule is O=C(CCc1ncc(-c2ccccc2Cl)o1)N1CCN(S(=O)(=O)c2c[nH]c3ncccc23)CC1. The van der Waals surface area contributed by atoms with Crippen LogP contribution in [0.25, 0.3) is 22.4 Å². The van der Waals surface area contributed by atoms with E-state index in [1.54, 1.807) is 35.5 Å². The van der Waals surface area contributed by atoms with E-state index in [1.807, 2.05) is 18.2 Å². The first kappa shape index (κ1) is 22.6. The molecular formula is C23H22ClN5O4S. The predicted octanol–water partition coefficient (Wildman–Crippen LogP) is 3.34. The molecule has 34 heavy (non-hydrogen) atoms. The number of hydrogen-bond acceptors (Lipinski definition) is 6. The molecule has 4 aromatic rings. The highest BCUT2D eigenvalue weighted by Gasteiger charge is 2.32. The van der Waals surface area contributed by atoms with Gasteiger partial charge in [0, 0.05) is 62.4 Å². The molecule has 1 aliphatic heterocycles. The van der Waals surface area contributed by atoms with Crippen molar-refractivity contribution in [3.05, 3.63) is 65.9 Å².